The summed E-state index contributed by atoms with van der Waals surface area (Å²) in [6, 6.07) is 14.5. The lowest BCUT2D eigenvalue weighted by molar-refractivity contribution is -0.114. The molecule has 27 heavy (non-hydrogen) atoms. The molecule has 2 aromatic carbocycles. The summed E-state index contributed by atoms with van der Waals surface area (Å²) in [5, 5.41) is 0. The Morgan fingerprint density at radius 1 is 1.04 bits per heavy atom. The number of anilines is 1. The number of carbonyl (C=O) groups is 2. The fourth-order valence-electron chi connectivity index (χ4n) is 4.07. The van der Waals surface area contributed by atoms with Crippen molar-refractivity contribution in [1.29, 1.82) is 0 Å². The van der Waals surface area contributed by atoms with Crippen LogP contribution in [-0.2, 0) is 11.2 Å². The number of Topliss-reactive ketones (excluding diaryl/α,β-unsaturated/α-hetero) is 1. The summed E-state index contributed by atoms with van der Waals surface area (Å²) in [6.07, 6.45) is 3.36. The van der Waals surface area contributed by atoms with Crippen molar-refractivity contribution in [3.8, 4) is 0 Å². The average molecular weight is 427 g/mol. The molecule has 2 aliphatic rings. The predicted octanol–water partition coefficient (Wildman–Crippen LogP) is 4.20. The molecule has 0 saturated carbocycles. The van der Waals surface area contributed by atoms with Crippen LogP contribution in [-0.4, -0.2) is 36.3 Å². The van der Waals surface area contributed by atoms with Gasteiger partial charge in [-0.3, -0.25) is 19.4 Å². The summed E-state index contributed by atoms with van der Waals surface area (Å²) in [6.45, 7) is 4.34. The van der Waals surface area contributed by atoms with E-state index in [0.29, 0.717) is 18.2 Å². The molecule has 5 heteroatoms. The number of hydrogen-bond acceptors (Lipinski definition) is 3. The number of halogens is 1. The number of ketones is 1. The SMILES string of the molecule is Cc1ccc2c(c1Br)C(=O)C(=O)N2CN1CCC(Cc2ccccc2)CC1. The second-order valence-corrected chi connectivity index (χ2v) is 8.34. The summed E-state index contributed by atoms with van der Waals surface area (Å²) >= 11 is 3.48. The first-order valence-electron chi connectivity index (χ1n) is 9.46. The number of hydrogen-bond donors (Lipinski definition) is 0. The fraction of sp³-hybridized carbons (Fsp3) is 0.364. The Balaban J connectivity index is 1.41. The van der Waals surface area contributed by atoms with Crippen LogP contribution in [0.5, 0.6) is 0 Å². The lowest BCUT2D eigenvalue weighted by Gasteiger charge is -2.34. The Labute approximate surface area is 168 Å². The highest BCUT2D eigenvalue weighted by atomic mass is 79.9. The van der Waals surface area contributed by atoms with Gasteiger partial charge in [0.25, 0.3) is 5.78 Å². The molecule has 0 atom stereocenters. The van der Waals surface area contributed by atoms with E-state index in [1.807, 2.05) is 19.1 Å². The van der Waals surface area contributed by atoms with Crippen molar-refractivity contribution in [3.05, 3.63) is 63.6 Å². The zero-order chi connectivity index (χ0) is 19.0. The van der Waals surface area contributed by atoms with Crippen molar-refractivity contribution in [3.63, 3.8) is 0 Å². The van der Waals surface area contributed by atoms with E-state index in [0.717, 1.165) is 48.1 Å². The van der Waals surface area contributed by atoms with Gasteiger partial charge in [0, 0.05) is 17.6 Å². The highest BCUT2D eigenvalue weighted by molar-refractivity contribution is 9.10. The Kier molecular flexibility index (Phi) is 5.15. The van der Waals surface area contributed by atoms with Crippen LogP contribution in [0.15, 0.2) is 46.9 Å². The monoisotopic (exact) mass is 426 g/mol. The predicted molar refractivity (Wildman–Crippen MR) is 110 cm³/mol. The quantitative estimate of drug-likeness (QED) is 0.687. The summed E-state index contributed by atoms with van der Waals surface area (Å²) in [7, 11) is 0. The van der Waals surface area contributed by atoms with Gasteiger partial charge < -0.3 is 0 Å². The number of aryl methyl sites for hydroxylation is 1. The third-order valence-electron chi connectivity index (χ3n) is 5.69. The van der Waals surface area contributed by atoms with Crippen molar-refractivity contribution >= 4 is 33.3 Å². The Hall–Kier alpha value is -1.98. The van der Waals surface area contributed by atoms with Gasteiger partial charge in [-0.15, -0.1) is 0 Å². The number of likely N-dealkylation sites (tertiary alicyclic amines) is 1. The number of amides is 1. The molecule has 0 spiro atoms. The Morgan fingerprint density at radius 3 is 2.44 bits per heavy atom. The molecule has 4 nitrogen and oxygen atoms in total. The second-order valence-electron chi connectivity index (χ2n) is 7.55. The molecule has 2 heterocycles. The highest BCUT2D eigenvalue weighted by Gasteiger charge is 2.38. The summed E-state index contributed by atoms with van der Waals surface area (Å²) in [4.78, 5) is 28.9. The smallest absolute Gasteiger partial charge is 0.291 e. The van der Waals surface area contributed by atoms with Gasteiger partial charge >= 0.3 is 5.91 Å². The average Bonchev–Trinajstić information content (AvgIpc) is 2.92. The largest absolute Gasteiger partial charge is 0.300 e. The normalized spacial score (nSPS) is 18.2. The maximum absolute atomic E-state index is 12.5. The molecule has 2 aromatic rings. The second kappa shape index (κ2) is 7.56. The Morgan fingerprint density at radius 2 is 1.74 bits per heavy atom. The first kappa shape index (κ1) is 18.4. The zero-order valence-corrected chi connectivity index (χ0v) is 17.0. The molecule has 0 aromatic heterocycles. The van der Waals surface area contributed by atoms with E-state index in [2.05, 4.69) is 51.2 Å². The van der Waals surface area contributed by atoms with Crippen LogP contribution in [0.3, 0.4) is 0 Å². The van der Waals surface area contributed by atoms with Gasteiger partial charge in [0.2, 0.25) is 0 Å². The number of rotatable bonds is 4. The molecule has 0 bridgehead atoms. The number of carbonyl (C=O) groups excluding carboxylic acids is 2. The summed E-state index contributed by atoms with van der Waals surface area (Å²) < 4.78 is 0.738. The maximum atomic E-state index is 12.5. The molecule has 2 aliphatic heterocycles. The van der Waals surface area contributed by atoms with Gasteiger partial charge in [-0.1, -0.05) is 36.4 Å². The Bertz CT molecular complexity index is 873. The minimum Gasteiger partial charge on any atom is -0.291 e. The van der Waals surface area contributed by atoms with Crippen LogP contribution < -0.4 is 4.90 Å². The topological polar surface area (TPSA) is 40.6 Å². The lowest BCUT2D eigenvalue weighted by atomic mass is 9.90. The van der Waals surface area contributed by atoms with Gasteiger partial charge in [-0.05, 0) is 65.2 Å². The van der Waals surface area contributed by atoms with E-state index in [4.69, 9.17) is 0 Å². The zero-order valence-electron chi connectivity index (χ0n) is 15.5. The van der Waals surface area contributed by atoms with Crippen LogP contribution >= 0.6 is 15.9 Å². The van der Waals surface area contributed by atoms with Crippen LogP contribution in [0.1, 0.15) is 34.3 Å². The minimum absolute atomic E-state index is 0.403. The molecular weight excluding hydrogens is 404 g/mol. The van der Waals surface area contributed by atoms with E-state index >= 15 is 0 Å². The van der Waals surface area contributed by atoms with Crippen LogP contribution in [0, 0.1) is 12.8 Å². The molecule has 1 fully saturated rings. The van der Waals surface area contributed by atoms with Gasteiger partial charge in [-0.25, -0.2) is 0 Å². The third-order valence-corrected chi connectivity index (χ3v) is 6.71. The molecule has 0 radical (unpaired) electrons. The number of fused-ring (bicyclic) bond motifs is 1. The van der Waals surface area contributed by atoms with Crippen LogP contribution in [0.2, 0.25) is 0 Å². The van der Waals surface area contributed by atoms with E-state index in [1.54, 1.807) is 4.90 Å². The van der Waals surface area contributed by atoms with Crippen molar-refractivity contribution in [2.45, 2.75) is 26.2 Å². The van der Waals surface area contributed by atoms with Gasteiger partial charge in [-0.2, -0.15) is 0 Å². The first-order valence-corrected chi connectivity index (χ1v) is 10.3. The molecule has 0 unspecified atom stereocenters. The molecular formula is C22H23BrN2O2. The summed E-state index contributed by atoms with van der Waals surface area (Å²) in [5.74, 6) is -0.133. The van der Waals surface area contributed by atoms with Crippen molar-refractivity contribution in [2.75, 3.05) is 24.7 Å². The van der Waals surface area contributed by atoms with Crippen molar-refractivity contribution in [2.24, 2.45) is 5.92 Å². The molecule has 0 N–H and O–H groups in total. The van der Waals surface area contributed by atoms with Crippen molar-refractivity contribution in [1.82, 2.24) is 4.90 Å². The number of piperidine rings is 1. The maximum Gasteiger partial charge on any atom is 0.300 e. The van der Waals surface area contributed by atoms with Gasteiger partial charge in [0.05, 0.1) is 17.9 Å². The van der Waals surface area contributed by atoms with E-state index in [-0.39, 0.29) is 0 Å². The lowest BCUT2D eigenvalue weighted by Crippen LogP contribution is -2.44. The van der Waals surface area contributed by atoms with Gasteiger partial charge in [0.15, 0.2) is 0 Å². The van der Waals surface area contributed by atoms with Crippen molar-refractivity contribution < 1.29 is 9.59 Å². The molecule has 4 rings (SSSR count). The minimum atomic E-state index is -0.414. The van der Waals surface area contributed by atoms with Crippen LogP contribution in [0.4, 0.5) is 5.69 Å². The van der Waals surface area contributed by atoms with Crippen LogP contribution in [0.25, 0.3) is 0 Å². The number of benzene rings is 2. The van der Waals surface area contributed by atoms with Gasteiger partial charge in [0.1, 0.15) is 0 Å². The number of nitrogens with zero attached hydrogens (tertiary/aromatic N) is 2. The standard InChI is InChI=1S/C22H23BrN2O2/c1-15-7-8-18-19(20(15)23)21(26)22(27)25(18)14-24-11-9-17(10-12-24)13-16-5-3-2-4-6-16/h2-8,17H,9-14H2,1H3. The molecule has 0 aliphatic carbocycles. The molecule has 1 amide bonds. The first-order chi connectivity index (χ1) is 13.0. The van der Waals surface area contributed by atoms with E-state index in [1.165, 1.54) is 5.56 Å². The molecule has 140 valence electrons. The fourth-order valence-corrected chi connectivity index (χ4v) is 4.59. The van der Waals surface area contributed by atoms with E-state index in [9.17, 15) is 9.59 Å². The third kappa shape index (κ3) is 3.58. The molecule has 1 saturated heterocycles. The summed E-state index contributed by atoms with van der Waals surface area (Å²) in [5.41, 5.74) is 3.61. The highest BCUT2D eigenvalue weighted by Crippen LogP contribution is 2.36. The van der Waals surface area contributed by atoms with E-state index < -0.39 is 11.7 Å².